The molecule has 0 atom stereocenters. The summed E-state index contributed by atoms with van der Waals surface area (Å²) in [5, 5.41) is 2.06. The number of hydrogen-bond donors (Lipinski definition) is 1. The molecule has 0 aromatic heterocycles. The SMILES string of the molecule is Cc1ccc2c3c(ccc(C)c13)C(N)=NC2=O. The Balaban J connectivity index is 2.61. The van der Waals surface area contributed by atoms with E-state index in [9.17, 15) is 4.79 Å². The molecule has 3 nitrogen and oxygen atoms in total. The number of nitrogens with two attached hydrogens (primary N) is 1. The quantitative estimate of drug-likeness (QED) is 0.746. The minimum atomic E-state index is -0.245. The van der Waals surface area contributed by atoms with Crippen LogP contribution in [0.15, 0.2) is 29.3 Å². The third kappa shape index (κ3) is 1.22. The first-order valence-corrected chi connectivity index (χ1v) is 5.51. The maximum Gasteiger partial charge on any atom is 0.279 e. The summed E-state index contributed by atoms with van der Waals surface area (Å²) in [7, 11) is 0. The Hall–Kier alpha value is -2.16. The number of carbonyl (C=O) groups is 1. The molecule has 0 spiro atoms. The molecule has 1 amide bonds. The highest BCUT2D eigenvalue weighted by Gasteiger charge is 2.21. The lowest BCUT2D eigenvalue weighted by molar-refractivity contribution is 0.100. The van der Waals surface area contributed by atoms with Crippen molar-refractivity contribution in [2.45, 2.75) is 13.8 Å². The van der Waals surface area contributed by atoms with E-state index in [0.29, 0.717) is 11.4 Å². The van der Waals surface area contributed by atoms with Crippen molar-refractivity contribution in [3.8, 4) is 0 Å². The van der Waals surface area contributed by atoms with Crippen LogP contribution in [0.4, 0.5) is 0 Å². The zero-order chi connectivity index (χ0) is 12.2. The summed E-state index contributed by atoms with van der Waals surface area (Å²) in [6.07, 6.45) is 0. The molecule has 3 rings (SSSR count). The number of amides is 1. The smallest absolute Gasteiger partial charge is 0.279 e. The molecule has 1 heterocycles. The standard InChI is InChI=1S/C14H12N2O/c1-7-3-5-9-12-10(14(17)16-13(9)15)6-4-8(2)11(7)12/h3-6H,1-2H3,(H2,15,16,17). The Morgan fingerprint density at radius 1 is 0.941 bits per heavy atom. The van der Waals surface area contributed by atoms with Gasteiger partial charge in [-0.2, -0.15) is 4.99 Å². The minimum absolute atomic E-state index is 0.245. The van der Waals surface area contributed by atoms with Gasteiger partial charge in [0.25, 0.3) is 5.91 Å². The van der Waals surface area contributed by atoms with Gasteiger partial charge in [0.05, 0.1) is 5.56 Å². The van der Waals surface area contributed by atoms with Gasteiger partial charge < -0.3 is 5.73 Å². The summed E-state index contributed by atoms with van der Waals surface area (Å²) in [5.41, 5.74) is 9.66. The molecule has 2 aromatic rings. The highest BCUT2D eigenvalue weighted by molar-refractivity contribution is 6.25. The first-order chi connectivity index (χ1) is 8.09. The number of nitrogens with zero attached hydrogens (tertiary/aromatic N) is 1. The van der Waals surface area contributed by atoms with Crippen LogP contribution in [0.5, 0.6) is 0 Å². The van der Waals surface area contributed by atoms with Gasteiger partial charge in [-0.25, -0.2) is 0 Å². The van der Waals surface area contributed by atoms with Crippen molar-refractivity contribution in [2.75, 3.05) is 0 Å². The third-order valence-corrected chi connectivity index (χ3v) is 3.31. The first kappa shape index (κ1) is 10.0. The predicted molar refractivity (Wildman–Crippen MR) is 68.5 cm³/mol. The summed E-state index contributed by atoms with van der Waals surface area (Å²) in [5.74, 6) is 0.0729. The Bertz CT molecular complexity index is 691. The fourth-order valence-corrected chi connectivity index (χ4v) is 2.49. The normalized spacial score (nSPS) is 14.0. The maximum atomic E-state index is 11.8. The van der Waals surface area contributed by atoms with E-state index >= 15 is 0 Å². The molecule has 1 aliphatic heterocycles. The second-order valence-corrected chi connectivity index (χ2v) is 4.41. The fourth-order valence-electron chi connectivity index (χ4n) is 2.49. The number of aliphatic imine (C=N–C) groups is 1. The molecule has 3 heteroatoms. The number of amidine groups is 1. The molecule has 0 radical (unpaired) electrons. The zero-order valence-electron chi connectivity index (χ0n) is 9.74. The molecule has 2 N–H and O–H groups in total. The molecule has 1 aliphatic rings. The molecule has 0 saturated carbocycles. The van der Waals surface area contributed by atoms with Crippen LogP contribution in [0.3, 0.4) is 0 Å². The van der Waals surface area contributed by atoms with Crippen LogP contribution in [0.1, 0.15) is 27.0 Å². The van der Waals surface area contributed by atoms with Gasteiger partial charge in [-0.3, -0.25) is 4.79 Å². The molecule has 0 bridgehead atoms. The molecule has 0 fully saturated rings. The zero-order valence-corrected chi connectivity index (χ0v) is 9.74. The second kappa shape index (κ2) is 3.17. The lowest BCUT2D eigenvalue weighted by Gasteiger charge is -2.17. The predicted octanol–water partition coefficient (Wildman–Crippen LogP) is 2.32. The van der Waals surface area contributed by atoms with E-state index in [1.54, 1.807) is 0 Å². The monoisotopic (exact) mass is 224 g/mol. The van der Waals surface area contributed by atoms with Crippen molar-refractivity contribution >= 4 is 22.5 Å². The van der Waals surface area contributed by atoms with E-state index < -0.39 is 0 Å². The van der Waals surface area contributed by atoms with Crippen LogP contribution in [-0.4, -0.2) is 11.7 Å². The highest BCUT2D eigenvalue weighted by Crippen LogP contribution is 2.31. The molecule has 0 saturated heterocycles. The Kier molecular flexibility index (Phi) is 1.87. The van der Waals surface area contributed by atoms with E-state index in [4.69, 9.17) is 5.73 Å². The number of hydrogen-bond acceptors (Lipinski definition) is 2. The summed E-state index contributed by atoms with van der Waals surface area (Å²) < 4.78 is 0. The minimum Gasteiger partial charge on any atom is -0.383 e. The average Bonchev–Trinajstić information content (AvgIpc) is 2.28. The fraction of sp³-hybridized carbons (Fsp3) is 0.143. The van der Waals surface area contributed by atoms with Gasteiger partial charge in [0.15, 0.2) is 0 Å². The Morgan fingerprint density at radius 3 is 2.18 bits per heavy atom. The van der Waals surface area contributed by atoms with Crippen LogP contribution in [0, 0.1) is 13.8 Å². The van der Waals surface area contributed by atoms with Gasteiger partial charge in [-0.05, 0) is 36.4 Å². The molecule has 0 unspecified atom stereocenters. The van der Waals surface area contributed by atoms with E-state index in [1.165, 1.54) is 0 Å². The topological polar surface area (TPSA) is 55.4 Å². The van der Waals surface area contributed by atoms with E-state index in [-0.39, 0.29) is 5.91 Å². The van der Waals surface area contributed by atoms with Crippen LogP contribution in [0.2, 0.25) is 0 Å². The summed E-state index contributed by atoms with van der Waals surface area (Å²) >= 11 is 0. The Labute approximate surface area is 99.0 Å². The van der Waals surface area contributed by atoms with E-state index in [1.807, 2.05) is 38.1 Å². The molecule has 17 heavy (non-hydrogen) atoms. The van der Waals surface area contributed by atoms with Gasteiger partial charge in [0.1, 0.15) is 5.84 Å². The lowest BCUT2D eigenvalue weighted by atomic mass is 9.90. The lowest BCUT2D eigenvalue weighted by Crippen LogP contribution is -2.21. The molecule has 84 valence electrons. The number of carbonyl (C=O) groups excluding carboxylic acids is 1. The molecular formula is C14H12N2O. The summed E-state index contributed by atoms with van der Waals surface area (Å²) in [6.45, 7) is 4.09. The largest absolute Gasteiger partial charge is 0.383 e. The van der Waals surface area contributed by atoms with Crippen LogP contribution in [-0.2, 0) is 0 Å². The third-order valence-electron chi connectivity index (χ3n) is 3.31. The molecule has 0 aliphatic carbocycles. The maximum absolute atomic E-state index is 11.8. The van der Waals surface area contributed by atoms with Crippen molar-refractivity contribution in [1.29, 1.82) is 0 Å². The number of aryl methyl sites for hydroxylation is 2. The van der Waals surface area contributed by atoms with Gasteiger partial charge in [0, 0.05) is 10.9 Å². The van der Waals surface area contributed by atoms with E-state index in [0.717, 1.165) is 27.5 Å². The van der Waals surface area contributed by atoms with Crippen molar-refractivity contribution in [2.24, 2.45) is 10.7 Å². The summed E-state index contributed by atoms with van der Waals surface area (Å²) in [6, 6.07) is 7.75. The first-order valence-electron chi connectivity index (χ1n) is 5.51. The van der Waals surface area contributed by atoms with Crippen molar-refractivity contribution in [3.05, 3.63) is 46.5 Å². The van der Waals surface area contributed by atoms with Gasteiger partial charge in [-0.1, -0.05) is 18.2 Å². The van der Waals surface area contributed by atoms with Crippen LogP contribution >= 0.6 is 0 Å². The van der Waals surface area contributed by atoms with Crippen LogP contribution in [0.25, 0.3) is 10.8 Å². The average molecular weight is 224 g/mol. The number of benzene rings is 2. The van der Waals surface area contributed by atoms with Gasteiger partial charge in [-0.15, -0.1) is 0 Å². The van der Waals surface area contributed by atoms with Crippen molar-refractivity contribution in [3.63, 3.8) is 0 Å². The molecular weight excluding hydrogens is 212 g/mol. The van der Waals surface area contributed by atoms with Gasteiger partial charge >= 0.3 is 0 Å². The van der Waals surface area contributed by atoms with Gasteiger partial charge in [0.2, 0.25) is 0 Å². The summed E-state index contributed by atoms with van der Waals surface area (Å²) in [4.78, 5) is 15.7. The second-order valence-electron chi connectivity index (χ2n) is 4.41. The molecule has 2 aromatic carbocycles. The van der Waals surface area contributed by atoms with E-state index in [2.05, 4.69) is 4.99 Å². The van der Waals surface area contributed by atoms with Crippen molar-refractivity contribution < 1.29 is 4.79 Å². The highest BCUT2D eigenvalue weighted by atomic mass is 16.1. The van der Waals surface area contributed by atoms with Crippen LogP contribution < -0.4 is 5.73 Å². The Morgan fingerprint density at radius 2 is 1.53 bits per heavy atom. The van der Waals surface area contributed by atoms with Crippen molar-refractivity contribution in [1.82, 2.24) is 0 Å². The number of rotatable bonds is 0.